The first-order valence-electron chi connectivity index (χ1n) is 5.93. The highest BCUT2D eigenvalue weighted by molar-refractivity contribution is 5.90. The quantitative estimate of drug-likeness (QED) is 0.644. The summed E-state index contributed by atoms with van der Waals surface area (Å²) in [6.45, 7) is 0.845. The Kier molecular flexibility index (Phi) is 3.14. The molecular formula is C11H18N2O3. The van der Waals surface area contributed by atoms with Crippen LogP contribution in [0.25, 0.3) is 0 Å². The first kappa shape index (κ1) is 11.4. The van der Waals surface area contributed by atoms with Gasteiger partial charge in [-0.2, -0.15) is 0 Å². The zero-order valence-electron chi connectivity index (χ0n) is 9.29. The fourth-order valence-electron chi connectivity index (χ4n) is 2.60. The number of aliphatic carboxylic acids is 1. The summed E-state index contributed by atoms with van der Waals surface area (Å²) >= 11 is 0. The average Bonchev–Trinajstić information content (AvgIpc) is 2.88. The fourth-order valence-corrected chi connectivity index (χ4v) is 2.60. The second-order valence-corrected chi connectivity index (χ2v) is 4.73. The van der Waals surface area contributed by atoms with E-state index in [4.69, 9.17) is 0 Å². The van der Waals surface area contributed by atoms with Crippen molar-refractivity contribution >= 4 is 11.9 Å². The van der Waals surface area contributed by atoms with Gasteiger partial charge in [-0.05, 0) is 32.2 Å². The van der Waals surface area contributed by atoms with Crippen molar-refractivity contribution in [3.05, 3.63) is 0 Å². The molecule has 1 heterocycles. The van der Waals surface area contributed by atoms with Crippen LogP contribution in [0.2, 0.25) is 0 Å². The smallest absolute Gasteiger partial charge is 0.329 e. The highest BCUT2D eigenvalue weighted by atomic mass is 16.4. The van der Waals surface area contributed by atoms with Crippen LogP contribution in [0.1, 0.15) is 38.5 Å². The van der Waals surface area contributed by atoms with E-state index in [9.17, 15) is 14.7 Å². The van der Waals surface area contributed by atoms with E-state index in [0.29, 0.717) is 12.8 Å². The largest absolute Gasteiger partial charge is 0.480 e. The van der Waals surface area contributed by atoms with Crippen LogP contribution in [0.4, 0.5) is 0 Å². The Bertz CT molecular complexity index is 292. The molecule has 2 aliphatic rings. The van der Waals surface area contributed by atoms with Crippen molar-refractivity contribution in [2.24, 2.45) is 0 Å². The summed E-state index contributed by atoms with van der Waals surface area (Å²) in [5, 5.41) is 15.0. The molecule has 16 heavy (non-hydrogen) atoms. The molecule has 90 valence electrons. The van der Waals surface area contributed by atoms with Crippen LogP contribution in [0.15, 0.2) is 0 Å². The molecule has 0 radical (unpaired) electrons. The van der Waals surface area contributed by atoms with Gasteiger partial charge in [-0.3, -0.25) is 4.79 Å². The summed E-state index contributed by atoms with van der Waals surface area (Å²) in [6.07, 6.45) is 4.66. The van der Waals surface area contributed by atoms with Crippen LogP contribution >= 0.6 is 0 Å². The van der Waals surface area contributed by atoms with Crippen molar-refractivity contribution in [3.8, 4) is 0 Å². The molecule has 0 aromatic heterocycles. The zero-order valence-corrected chi connectivity index (χ0v) is 9.29. The van der Waals surface area contributed by atoms with E-state index in [1.54, 1.807) is 0 Å². The van der Waals surface area contributed by atoms with Gasteiger partial charge in [0.2, 0.25) is 5.91 Å². The number of carboxylic acids is 1. The number of carbonyl (C=O) groups is 2. The van der Waals surface area contributed by atoms with Gasteiger partial charge in [0.1, 0.15) is 5.54 Å². The lowest BCUT2D eigenvalue weighted by molar-refractivity contribution is -0.147. The summed E-state index contributed by atoms with van der Waals surface area (Å²) in [4.78, 5) is 23.1. The van der Waals surface area contributed by atoms with Gasteiger partial charge in [-0.25, -0.2) is 4.79 Å². The fraction of sp³-hybridized carbons (Fsp3) is 0.818. The van der Waals surface area contributed by atoms with Crippen LogP contribution in [-0.4, -0.2) is 35.1 Å². The minimum Gasteiger partial charge on any atom is -0.480 e. The van der Waals surface area contributed by atoms with Gasteiger partial charge in [0.05, 0.1) is 6.04 Å². The molecule has 0 spiro atoms. The molecule has 1 saturated carbocycles. The number of amides is 1. The third kappa shape index (κ3) is 2.04. The summed E-state index contributed by atoms with van der Waals surface area (Å²) in [5.41, 5.74) is -0.999. The van der Waals surface area contributed by atoms with Crippen molar-refractivity contribution in [1.82, 2.24) is 10.6 Å². The number of rotatable bonds is 3. The Morgan fingerprint density at radius 2 is 1.94 bits per heavy atom. The topological polar surface area (TPSA) is 78.4 Å². The molecule has 1 unspecified atom stereocenters. The van der Waals surface area contributed by atoms with E-state index in [-0.39, 0.29) is 11.9 Å². The van der Waals surface area contributed by atoms with Crippen LogP contribution in [-0.2, 0) is 9.59 Å². The van der Waals surface area contributed by atoms with Gasteiger partial charge in [-0.1, -0.05) is 12.8 Å². The summed E-state index contributed by atoms with van der Waals surface area (Å²) in [6, 6.07) is -0.197. The predicted octanol–water partition coefficient (Wildman–Crippen LogP) is 0.252. The molecule has 1 atom stereocenters. The normalized spacial score (nSPS) is 27.9. The molecule has 0 aromatic carbocycles. The van der Waals surface area contributed by atoms with Gasteiger partial charge in [0.25, 0.3) is 0 Å². The summed E-state index contributed by atoms with van der Waals surface area (Å²) in [7, 11) is 0. The van der Waals surface area contributed by atoms with Gasteiger partial charge in [-0.15, -0.1) is 0 Å². The molecule has 1 amide bonds. The van der Waals surface area contributed by atoms with E-state index in [0.717, 1.165) is 32.2 Å². The van der Waals surface area contributed by atoms with Crippen LogP contribution < -0.4 is 10.6 Å². The summed E-state index contributed by atoms with van der Waals surface area (Å²) in [5.74, 6) is -1.04. The predicted molar refractivity (Wildman–Crippen MR) is 58.0 cm³/mol. The van der Waals surface area contributed by atoms with Crippen LogP contribution in [0.5, 0.6) is 0 Å². The van der Waals surface area contributed by atoms with Gasteiger partial charge < -0.3 is 15.7 Å². The standard InChI is InChI=1S/C11H18N2O3/c14-9(8-4-3-7-12-8)13-11(10(15)16)5-1-2-6-11/h8,12H,1-7H2,(H,13,14)(H,15,16). The Labute approximate surface area is 94.6 Å². The molecule has 1 aliphatic heterocycles. The molecule has 2 fully saturated rings. The van der Waals surface area contributed by atoms with Gasteiger partial charge >= 0.3 is 5.97 Å². The zero-order chi connectivity index (χ0) is 11.6. The number of nitrogens with one attached hydrogen (secondary N) is 2. The molecule has 2 rings (SSSR count). The maximum Gasteiger partial charge on any atom is 0.329 e. The number of carbonyl (C=O) groups excluding carboxylic acids is 1. The molecule has 3 N–H and O–H groups in total. The summed E-state index contributed by atoms with van der Waals surface area (Å²) < 4.78 is 0. The lowest BCUT2D eigenvalue weighted by Gasteiger charge is -2.26. The average molecular weight is 226 g/mol. The highest BCUT2D eigenvalue weighted by Gasteiger charge is 2.43. The number of hydrogen-bond acceptors (Lipinski definition) is 3. The highest BCUT2D eigenvalue weighted by Crippen LogP contribution is 2.30. The van der Waals surface area contributed by atoms with Gasteiger partial charge in [0.15, 0.2) is 0 Å². The minimum absolute atomic E-state index is 0.151. The maximum absolute atomic E-state index is 11.9. The minimum atomic E-state index is -0.999. The molecule has 0 bridgehead atoms. The Balaban J connectivity index is 2.00. The van der Waals surface area contributed by atoms with E-state index >= 15 is 0 Å². The van der Waals surface area contributed by atoms with Crippen LogP contribution in [0, 0.1) is 0 Å². The van der Waals surface area contributed by atoms with Crippen molar-refractivity contribution in [3.63, 3.8) is 0 Å². The Hall–Kier alpha value is -1.10. The molecule has 5 nitrogen and oxygen atoms in total. The lowest BCUT2D eigenvalue weighted by atomic mass is 9.97. The number of carboxylic acid groups (broad SMARTS) is 1. The van der Waals surface area contributed by atoms with E-state index in [1.807, 2.05) is 0 Å². The van der Waals surface area contributed by atoms with Crippen molar-refractivity contribution < 1.29 is 14.7 Å². The maximum atomic E-state index is 11.9. The first-order valence-corrected chi connectivity index (χ1v) is 5.93. The van der Waals surface area contributed by atoms with Crippen molar-refractivity contribution in [1.29, 1.82) is 0 Å². The van der Waals surface area contributed by atoms with Crippen LogP contribution in [0.3, 0.4) is 0 Å². The van der Waals surface area contributed by atoms with E-state index in [1.165, 1.54) is 0 Å². The molecular weight excluding hydrogens is 208 g/mol. The third-order valence-electron chi connectivity index (χ3n) is 3.61. The SMILES string of the molecule is O=C(NC1(C(=O)O)CCCC1)C1CCCN1. The van der Waals surface area contributed by atoms with Crippen molar-refractivity contribution in [2.45, 2.75) is 50.1 Å². The molecule has 0 aromatic rings. The second kappa shape index (κ2) is 4.41. The van der Waals surface area contributed by atoms with Gasteiger partial charge in [0, 0.05) is 0 Å². The monoisotopic (exact) mass is 226 g/mol. The Morgan fingerprint density at radius 1 is 1.25 bits per heavy atom. The molecule has 1 saturated heterocycles. The van der Waals surface area contributed by atoms with Crippen molar-refractivity contribution in [2.75, 3.05) is 6.54 Å². The molecule has 5 heteroatoms. The molecule has 1 aliphatic carbocycles. The Morgan fingerprint density at radius 3 is 2.44 bits per heavy atom. The van der Waals surface area contributed by atoms with E-state index in [2.05, 4.69) is 10.6 Å². The third-order valence-corrected chi connectivity index (χ3v) is 3.61. The first-order chi connectivity index (χ1) is 7.64. The van der Waals surface area contributed by atoms with E-state index < -0.39 is 11.5 Å². The number of hydrogen-bond donors (Lipinski definition) is 3. The second-order valence-electron chi connectivity index (χ2n) is 4.73. The lowest BCUT2D eigenvalue weighted by Crippen LogP contribution is -2.56.